The molecule has 0 unspecified atom stereocenters. The topological polar surface area (TPSA) is 78.5 Å². The highest BCUT2D eigenvalue weighted by molar-refractivity contribution is 6.31. The maximum Gasteiger partial charge on any atom is 0.328 e. The lowest BCUT2D eigenvalue weighted by Crippen LogP contribution is -2.51. The Hall–Kier alpha value is -2.63. The number of aryl methyl sites for hydroxylation is 1. The highest BCUT2D eigenvalue weighted by Crippen LogP contribution is 2.43. The summed E-state index contributed by atoms with van der Waals surface area (Å²) in [5.41, 5.74) is 4.18. The Morgan fingerprint density at radius 2 is 1.76 bits per heavy atom. The number of amides is 4. The molecule has 25 heavy (non-hydrogen) atoms. The third kappa shape index (κ3) is 2.92. The first kappa shape index (κ1) is 17.2. The molecule has 1 fully saturated rings. The van der Waals surface area contributed by atoms with Crippen LogP contribution in [-0.2, 0) is 9.59 Å². The van der Waals surface area contributed by atoms with E-state index in [1.54, 1.807) is 6.08 Å². The van der Waals surface area contributed by atoms with Gasteiger partial charge in [-0.25, -0.2) is 4.79 Å². The normalized spacial score (nSPS) is 22.3. The lowest BCUT2D eigenvalue weighted by atomic mass is 9.79. The Balaban J connectivity index is 2.07. The van der Waals surface area contributed by atoms with Crippen LogP contribution in [0.3, 0.4) is 0 Å². The smallest absolute Gasteiger partial charge is 0.328 e. The summed E-state index contributed by atoms with van der Waals surface area (Å²) in [5, 5.41) is 4.20. The Bertz CT molecular complexity index is 801. The van der Waals surface area contributed by atoms with Gasteiger partial charge >= 0.3 is 6.03 Å². The van der Waals surface area contributed by atoms with Gasteiger partial charge in [0, 0.05) is 18.3 Å². The summed E-state index contributed by atoms with van der Waals surface area (Å²) in [6.45, 7) is 8.60. The number of nitrogens with zero attached hydrogens (tertiary/aromatic N) is 1. The van der Waals surface area contributed by atoms with Gasteiger partial charge in [0.25, 0.3) is 11.8 Å². The van der Waals surface area contributed by atoms with Crippen LogP contribution >= 0.6 is 0 Å². The zero-order valence-electron chi connectivity index (χ0n) is 15.2. The molecule has 1 aromatic carbocycles. The number of hydrogen-bond acceptors (Lipinski definition) is 4. The predicted molar refractivity (Wildman–Crippen MR) is 96.4 cm³/mol. The first-order chi connectivity index (χ1) is 11.6. The largest absolute Gasteiger partial charge is 0.369 e. The molecule has 3 rings (SSSR count). The van der Waals surface area contributed by atoms with Gasteiger partial charge in [-0.3, -0.25) is 20.2 Å². The van der Waals surface area contributed by atoms with Crippen LogP contribution in [0, 0.1) is 6.92 Å². The molecule has 1 atom stereocenters. The fourth-order valence-electron chi connectivity index (χ4n) is 3.65. The summed E-state index contributed by atoms with van der Waals surface area (Å²) in [5.74, 6) is -0.969. The van der Waals surface area contributed by atoms with Crippen LogP contribution in [0.2, 0.25) is 0 Å². The molecule has 2 N–H and O–H groups in total. The summed E-state index contributed by atoms with van der Waals surface area (Å²) in [6, 6.07) is 3.36. The third-order valence-corrected chi connectivity index (χ3v) is 5.26. The Labute approximate surface area is 147 Å². The van der Waals surface area contributed by atoms with E-state index in [1.165, 1.54) is 11.3 Å². The minimum absolute atomic E-state index is 0.0557. The summed E-state index contributed by atoms with van der Waals surface area (Å²) in [4.78, 5) is 37.4. The average Bonchev–Trinajstić information content (AvgIpc) is 2.49. The van der Waals surface area contributed by atoms with Gasteiger partial charge in [-0.05, 0) is 68.0 Å². The predicted octanol–water partition coefficient (Wildman–Crippen LogP) is 2.47. The molecule has 0 aliphatic carbocycles. The quantitative estimate of drug-likeness (QED) is 0.607. The Morgan fingerprint density at radius 3 is 2.36 bits per heavy atom. The minimum Gasteiger partial charge on any atom is -0.369 e. The molecule has 2 aliphatic heterocycles. The molecule has 6 nitrogen and oxygen atoms in total. The van der Waals surface area contributed by atoms with Gasteiger partial charge in [0.2, 0.25) is 0 Å². The number of anilines is 1. The van der Waals surface area contributed by atoms with E-state index in [0.29, 0.717) is 5.92 Å². The van der Waals surface area contributed by atoms with Crippen molar-refractivity contribution in [2.75, 3.05) is 11.9 Å². The molecule has 0 spiro atoms. The fourth-order valence-corrected chi connectivity index (χ4v) is 3.65. The first-order valence-electron chi connectivity index (χ1n) is 8.37. The number of urea groups is 1. The van der Waals surface area contributed by atoms with Gasteiger partial charge in [0.1, 0.15) is 5.57 Å². The minimum atomic E-state index is -0.785. The zero-order valence-corrected chi connectivity index (χ0v) is 15.2. The van der Waals surface area contributed by atoms with E-state index >= 15 is 0 Å². The van der Waals surface area contributed by atoms with E-state index in [9.17, 15) is 14.4 Å². The number of benzene rings is 1. The summed E-state index contributed by atoms with van der Waals surface area (Å²) in [6.07, 6.45) is 2.57. The third-order valence-electron chi connectivity index (χ3n) is 5.26. The first-order valence-corrected chi connectivity index (χ1v) is 8.37. The summed E-state index contributed by atoms with van der Waals surface area (Å²) < 4.78 is 0. The van der Waals surface area contributed by atoms with Gasteiger partial charge in [-0.1, -0.05) is 6.92 Å². The van der Waals surface area contributed by atoms with Crippen molar-refractivity contribution < 1.29 is 14.4 Å². The van der Waals surface area contributed by atoms with Crippen molar-refractivity contribution in [3.63, 3.8) is 0 Å². The number of nitrogens with one attached hydrogen (secondary N) is 2. The van der Waals surface area contributed by atoms with E-state index < -0.39 is 17.8 Å². The van der Waals surface area contributed by atoms with E-state index in [4.69, 9.17) is 0 Å². The van der Waals surface area contributed by atoms with Gasteiger partial charge in [0.15, 0.2) is 0 Å². The van der Waals surface area contributed by atoms with Crippen LogP contribution in [0.4, 0.5) is 10.5 Å². The standard InChI is InChI=1S/C19H23N3O3/c1-10-6-15-13(11(2)9-19(3,4)22(15)5)7-12(10)8-14-16(23)20-18(25)21-17(14)24/h6-8,11H,9H2,1-5H3,(H2,20,21,23,24,25)/t11-/m1/s1. The molecule has 0 bridgehead atoms. The van der Waals surface area contributed by atoms with Crippen LogP contribution in [0.5, 0.6) is 0 Å². The van der Waals surface area contributed by atoms with Gasteiger partial charge in [-0.2, -0.15) is 0 Å². The number of hydrogen-bond donors (Lipinski definition) is 2. The van der Waals surface area contributed by atoms with Crippen LogP contribution in [0.15, 0.2) is 17.7 Å². The highest BCUT2D eigenvalue weighted by Gasteiger charge is 2.34. The van der Waals surface area contributed by atoms with Crippen LogP contribution in [0.1, 0.15) is 49.8 Å². The molecular formula is C19H23N3O3. The lowest BCUT2D eigenvalue weighted by molar-refractivity contribution is -0.123. The molecular weight excluding hydrogens is 318 g/mol. The maximum absolute atomic E-state index is 12.0. The molecule has 4 amide bonds. The van der Waals surface area contributed by atoms with E-state index in [0.717, 1.165) is 17.5 Å². The van der Waals surface area contributed by atoms with E-state index in [-0.39, 0.29) is 11.1 Å². The number of imide groups is 2. The molecule has 2 aliphatic rings. The summed E-state index contributed by atoms with van der Waals surface area (Å²) in [7, 11) is 2.09. The number of carbonyl (C=O) groups is 3. The number of rotatable bonds is 1. The molecule has 6 heteroatoms. The van der Waals surface area contributed by atoms with Crippen molar-refractivity contribution in [3.8, 4) is 0 Å². The molecule has 0 aromatic heterocycles. The fraction of sp³-hybridized carbons (Fsp3) is 0.421. The molecule has 0 saturated carbocycles. The maximum atomic E-state index is 12.0. The molecule has 1 saturated heterocycles. The number of fused-ring (bicyclic) bond motifs is 1. The van der Waals surface area contributed by atoms with Crippen LogP contribution < -0.4 is 15.5 Å². The second kappa shape index (κ2) is 5.72. The average molecular weight is 341 g/mol. The van der Waals surface area contributed by atoms with E-state index in [2.05, 4.69) is 49.4 Å². The SMILES string of the molecule is Cc1cc2c(cc1C=C1C(=O)NC(=O)NC1=O)[C@H](C)CC(C)(C)N2C. The molecule has 132 valence electrons. The van der Waals surface area contributed by atoms with Gasteiger partial charge in [-0.15, -0.1) is 0 Å². The Kier molecular flexibility index (Phi) is 3.94. The highest BCUT2D eigenvalue weighted by atomic mass is 16.2. The van der Waals surface area contributed by atoms with E-state index in [1.807, 2.05) is 13.0 Å². The number of carbonyl (C=O) groups excluding carboxylic acids is 3. The van der Waals surface area contributed by atoms with Crippen molar-refractivity contribution >= 4 is 29.6 Å². The van der Waals surface area contributed by atoms with Gasteiger partial charge < -0.3 is 4.90 Å². The molecule has 2 heterocycles. The lowest BCUT2D eigenvalue weighted by Gasteiger charge is -2.45. The number of barbiturate groups is 1. The van der Waals surface area contributed by atoms with Crippen LogP contribution in [-0.4, -0.2) is 30.4 Å². The van der Waals surface area contributed by atoms with Crippen molar-refractivity contribution in [1.29, 1.82) is 0 Å². The summed E-state index contributed by atoms with van der Waals surface area (Å²) >= 11 is 0. The molecule has 0 radical (unpaired) electrons. The van der Waals surface area contributed by atoms with Crippen molar-refractivity contribution in [3.05, 3.63) is 34.4 Å². The van der Waals surface area contributed by atoms with Gasteiger partial charge in [0.05, 0.1) is 0 Å². The van der Waals surface area contributed by atoms with Crippen molar-refractivity contribution in [2.45, 2.75) is 45.6 Å². The second-order valence-electron chi connectivity index (χ2n) is 7.54. The van der Waals surface area contributed by atoms with Crippen molar-refractivity contribution in [1.82, 2.24) is 10.6 Å². The monoisotopic (exact) mass is 341 g/mol. The second-order valence-corrected chi connectivity index (χ2v) is 7.54. The molecule has 1 aromatic rings. The Morgan fingerprint density at radius 1 is 1.16 bits per heavy atom. The van der Waals surface area contributed by atoms with Crippen molar-refractivity contribution in [2.24, 2.45) is 0 Å². The zero-order chi connectivity index (χ0) is 18.5. The van der Waals surface area contributed by atoms with Crippen LogP contribution in [0.25, 0.3) is 6.08 Å².